The maximum absolute atomic E-state index is 13.8. The van der Waals surface area contributed by atoms with Crippen molar-refractivity contribution in [3.63, 3.8) is 0 Å². The van der Waals surface area contributed by atoms with Crippen molar-refractivity contribution >= 4 is 12.1 Å². The molecule has 2 spiro atoms. The Bertz CT molecular complexity index is 2650. The van der Waals surface area contributed by atoms with E-state index >= 15 is 0 Å². The summed E-state index contributed by atoms with van der Waals surface area (Å²) in [7, 11) is 8.85. The largest absolute Gasteiger partial charge is 0.497 e. The van der Waals surface area contributed by atoms with E-state index in [4.69, 9.17) is 18.9 Å². The Hall–Kier alpha value is -5.92. The number of piperidine rings is 2. The lowest BCUT2D eigenvalue weighted by Crippen LogP contribution is -2.53. The first kappa shape index (κ1) is 51.4. The average molecular weight is 970 g/mol. The van der Waals surface area contributed by atoms with Gasteiger partial charge in [-0.25, -0.2) is 9.59 Å². The molecule has 0 bridgehead atoms. The standard InChI is InChI=1S/C30H39N3O3.C27H36N4O3.CH4/c1-7-33-29(34)32-19-24-16-25(35-5)17-26(36-6)28(24)22(4)15-27(32)30(33)8-10-31(11-9-30)18-23-13-20(2)12-21(3)14-23;1-6-31-26(32)30-17-20-15-22(33-4)16-23(34-5)25(20)19(2)14-24(30)27(31)9-12-29(13-10-27)18-21-8-7-11-28(21)3;/h12-17,22H,7-11,18-19H2,1-6H3;7-8,11,14-16,19H,6,9-10,12-13,17-18H2,1-5H3;1H4. The van der Waals surface area contributed by atoms with Gasteiger partial charge in [-0.3, -0.25) is 19.6 Å². The molecule has 1 aromatic heterocycles. The number of benzene rings is 3. The average Bonchev–Trinajstić information content (AvgIpc) is 3.81. The third-order valence-electron chi connectivity index (χ3n) is 16.3. The molecule has 10 rings (SSSR count). The quantitative estimate of drug-likeness (QED) is 0.155. The number of fused-ring (bicyclic) bond motifs is 6. The number of hydrogen-bond acceptors (Lipinski definition) is 8. The number of allylic oxidation sites excluding steroid dienone is 2. The van der Waals surface area contributed by atoms with Crippen LogP contribution in [0.3, 0.4) is 0 Å². The number of carbonyl (C=O) groups excluding carboxylic acids is 2. The summed E-state index contributed by atoms with van der Waals surface area (Å²) in [6, 6.07) is 19.4. The molecule has 2 unspecified atom stereocenters. The zero-order chi connectivity index (χ0) is 49.6. The normalized spacial score (nSPS) is 21.2. The van der Waals surface area contributed by atoms with E-state index in [-0.39, 0.29) is 42.4 Å². The number of aryl methyl sites for hydroxylation is 3. The number of nitrogens with zero attached hydrogens (tertiary/aromatic N) is 7. The van der Waals surface area contributed by atoms with Crippen LogP contribution in [0.25, 0.3) is 0 Å². The fourth-order valence-corrected chi connectivity index (χ4v) is 13.0. The van der Waals surface area contributed by atoms with Crippen molar-refractivity contribution < 1.29 is 28.5 Å². The lowest BCUT2D eigenvalue weighted by molar-refractivity contribution is 0.0877. The molecule has 4 saturated heterocycles. The molecule has 382 valence electrons. The van der Waals surface area contributed by atoms with Crippen LogP contribution >= 0.6 is 0 Å². The molecule has 71 heavy (non-hydrogen) atoms. The monoisotopic (exact) mass is 970 g/mol. The highest BCUT2D eigenvalue weighted by Gasteiger charge is 2.56. The number of rotatable bonds is 10. The molecule has 4 aromatic rings. The van der Waals surface area contributed by atoms with E-state index in [0.29, 0.717) is 26.2 Å². The van der Waals surface area contributed by atoms with Crippen LogP contribution in [0.15, 0.2) is 84.3 Å². The number of likely N-dealkylation sites (N-methyl/N-ethyl adjacent to an activating group) is 2. The second-order valence-electron chi connectivity index (χ2n) is 20.4. The van der Waals surface area contributed by atoms with Crippen molar-refractivity contribution in [2.24, 2.45) is 7.05 Å². The number of hydrogen-bond donors (Lipinski definition) is 0. The minimum atomic E-state index is -0.252. The highest BCUT2D eigenvalue weighted by molar-refractivity contribution is 5.84. The van der Waals surface area contributed by atoms with Crippen molar-refractivity contribution in [2.45, 2.75) is 124 Å². The Balaban J connectivity index is 0.000000188. The van der Waals surface area contributed by atoms with Gasteiger partial charge in [0.05, 0.1) is 52.6 Å². The van der Waals surface area contributed by atoms with E-state index in [2.05, 4.69) is 134 Å². The second kappa shape index (κ2) is 20.7. The molecule has 13 nitrogen and oxygen atoms in total. The third kappa shape index (κ3) is 9.17. The summed E-state index contributed by atoms with van der Waals surface area (Å²) in [4.78, 5) is 40.9. The van der Waals surface area contributed by atoms with Gasteiger partial charge in [0.1, 0.15) is 23.0 Å². The molecule has 7 heterocycles. The molecule has 0 saturated carbocycles. The summed E-state index contributed by atoms with van der Waals surface area (Å²) < 4.78 is 24.8. The van der Waals surface area contributed by atoms with Gasteiger partial charge in [-0.2, -0.15) is 0 Å². The highest BCUT2D eigenvalue weighted by atomic mass is 16.5. The van der Waals surface area contributed by atoms with Crippen molar-refractivity contribution in [1.29, 1.82) is 0 Å². The van der Waals surface area contributed by atoms with Gasteiger partial charge in [0, 0.05) is 118 Å². The van der Waals surface area contributed by atoms with Gasteiger partial charge in [0.25, 0.3) is 0 Å². The molecule has 4 amide bonds. The summed E-state index contributed by atoms with van der Waals surface area (Å²) in [5.74, 6) is 3.44. The molecular weight excluding hydrogens is 891 g/mol. The first-order valence-corrected chi connectivity index (χ1v) is 25.5. The van der Waals surface area contributed by atoms with Crippen LogP contribution in [0.4, 0.5) is 9.59 Å². The summed E-state index contributed by atoms with van der Waals surface area (Å²) >= 11 is 0. The first-order valence-electron chi connectivity index (χ1n) is 25.5. The number of urea groups is 2. The van der Waals surface area contributed by atoms with E-state index in [1.165, 1.54) is 33.8 Å². The maximum Gasteiger partial charge on any atom is 0.325 e. The Morgan fingerprint density at radius 1 is 0.606 bits per heavy atom. The van der Waals surface area contributed by atoms with Crippen molar-refractivity contribution in [1.82, 2.24) is 34.0 Å². The number of ether oxygens (including phenoxy) is 4. The van der Waals surface area contributed by atoms with Crippen LogP contribution < -0.4 is 18.9 Å². The molecule has 6 aliphatic heterocycles. The third-order valence-corrected chi connectivity index (χ3v) is 16.3. The van der Waals surface area contributed by atoms with Gasteiger partial charge in [-0.05, 0) is 94.3 Å². The predicted octanol–water partition coefficient (Wildman–Crippen LogP) is 10.6. The number of methoxy groups -OCH3 is 4. The zero-order valence-corrected chi connectivity index (χ0v) is 43.6. The SMILES string of the molecule is C.CCN1C(=O)N2Cc3cc(OC)cc(OC)c3C(C)C=C2C12CCN(Cc1cc(C)cc(C)c1)CC2.CCN1C(=O)N2Cc3cc(OC)cc(OC)c3C(C)C=C2C12CCN(Cc1cccn1C)CC2. The molecule has 0 aliphatic carbocycles. The van der Waals surface area contributed by atoms with Crippen LogP contribution in [0.1, 0.15) is 117 Å². The summed E-state index contributed by atoms with van der Waals surface area (Å²) in [6.07, 6.45) is 10.5. The predicted molar refractivity (Wildman–Crippen MR) is 281 cm³/mol. The van der Waals surface area contributed by atoms with Gasteiger partial charge in [0.2, 0.25) is 0 Å². The Morgan fingerprint density at radius 2 is 1.04 bits per heavy atom. The Morgan fingerprint density at radius 3 is 1.42 bits per heavy atom. The molecule has 3 aromatic carbocycles. The topological polar surface area (TPSA) is 95.4 Å². The van der Waals surface area contributed by atoms with Gasteiger partial charge < -0.3 is 33.3 Å². The second-order valence-corrected chi connectivity index (χ2v) is 20.4. The molecule has 0 radical (unpaired) electrons. The van der Waals surface area contributed by atoms with E-state index < -0.39 is 0 Å². The van der Waals surface area contributed by atoms with Gasteiger partial charge in [-0.15, -0.1) is 0 Å². The number of aromatic nitrogens is 1. The summed E-state index contributed by atoms with van der Waals surface area (Å²) in [6.45, 7) is 21.3. The zero-order valence-electron chi connectivity index (χ0n) is 43.6. The molecular formula is C58H79N7O6. The Kier molecular flexibility index (Phi) is 15.0. The van der Waals surface area contributed by atoms with Crippen molar-refractivity contribution in [3.05, 3.63) is 129 Å². The van der Waals surface area contributed by atoms with Gasteiger partial charge >= 0.3 is 12.1 Å². The fraction of sp³-hybridized carbons (Fsp3) is 0.517. The number of amides is 4. The highest BCUT2D eigenvalue weighted by Crippen LogP contribution is 2.51. The van der Waals surface area contributed by atoms with Crippen LogP contribution in [0.2, 0.25) is 0 Å². The summed E-state index contributed by atoms with van der Waals surface area (Å²) in [5, 5.41) is 0. The first-order chi connectivity index (χ1) is 33.7. The maximum atomic E-state index is 13.8. The number of carbonyl (C=O) groups is 2. The van der Waals surface area contributed by atoms with Crippen LogP contribution in [-0.4, -0.2) is 125 Å². The minimum Gasteiger partial charge on any atom is -0.497 e. The smallest absolute Gasteiger partial charge is 0.325 e. The minimum absolute atomic E-state index is 0. The van der Waals surface area contributed by atoms with Crippen LogP contribution in [0, 0.1) is 13.8 Å². The van der Waals surface area contributed by atoms with Crippen molar-refractivity contribution in [3.8, 4) is 23.0 Å². The Labute approximate surface area is 423 Å². The number of likely N-dealkylation sites (tertiary alicyclic amines) is 2. The van der Waals surface area contributed by atoms with Gasteiger partial charge in [-0.1, -0.05) is 62.8 Å². The molecule has 2 atom stereocenters. The van der Waals surface area contributed by atoms with E-state index in [1.807, 2.05) is 21.9 Å². The lowest BCUT2D eigenvalue weighted by Gasteiger charge is -2.44. The van der Waals surface area contributed by atoms with Crippen LogP contribution in [0.5, 0.6) is 23.0 Å². The van der Waals surface area contributed by atoms with Crippen molar-refractivity contribution in [2.75, 3.05) is 67.7 Å². The van der Waals surface area contributed by atoms with E-state index in [1.54, 1.807) is 28.4 Å². The molecule has 6 aliphatic rings. The lowest BCUT2D eigenvalue weighted by atomic mass is 9.82. The van der Waals surface area contributed by atoms with E-state index in [0.717, 1.165) is 110 Å². The molecule has 4 fully saturated rings. The summed E-state index contributed by atoms with van der Waals surface area (Å²) in [5.41, 5.74) is 11.7. The fourth-order valence-electron chi connectivity index (χ4n) is 13.0. The van der Waals surface area contributed by atoms with Gasteiger partial charge in [0.15, 0.2) is 0 Å². The molecule has 0 N–H and O–H groups in total. The van der Waals surface area contributed by atoms with Crippen LogP contribution in [-0.2, 0) is 33.2 Å². The van der Waals surface area contributed by atoms with E-state index in [9.17, 15) is 9.59 Å². The molecule has 13 heteroatoms.